The second-order valence-corrected chi connectivity index (χ2v) is 11.3. The second kappa shape index (κ2) is 11.8. The summed E-state index contributed by atoms with van der Waals surface area (Å²) < 4.78 is 40.4. The average molecular weight is 586 g/mol. The molecule has 4 amide bonds. The van der Waals surface area contributed by atoms with E-state index in [1.807, 2.05) is 48.5 Å². The molecule has 216 valence electrons. The van der Waals surface area contributed by atoms with Crippen molar-refractivity contribution in [2.75, 3.05) is 10.7 Å². The van der Waals surface area contributed by atoms with Gasteiger partial charge in [-0.1, -0.05) is 48.5 Å². The van der Waals surface area contributed by atoms with Gasteiger partial charge in [-0.15, -0.1) is 11.8 Å². The predicted molar refractivity (Wildman–Crippen MR) is 152 cm³/mol. The van der Waals surface area contributed by atoms with E-state index < -0.39 is 41.2 Å². The zero-order chi connectivity index (χ0) is 29.9. The third kappa shape index (κ3) is 7.19. The molecular weight excluding hydrogens is 555 g/mol. The monoisotopic (exact) mass is 585 g/mol. The van der Waals surface area contributed by atoms with Crippen molar-refractivity contribution in [2.45, 2.75) is 49.6 Å². The number of carbonyl (C=O) groups excluding carboxylic acids is 3. The third-order valence-electron chi connectivity index (χ3n) is 6.51. The summed E-state index contributed by atoms with van der Waals surface area (Å²) in [7, 11) is 0. The van der Waals surface area contributed by atoms with Crippen molar-refractivity contribution in [3.05, 3.63) is 83.4 Å². The highest BCUT2D eigenvalue weighted by Gasteiger charge is 2.37. The molecule has 3 aromatic carbocycles. The van der Waals surface area contributed by atoms with E-state index in [2.05, 4.69) is 10.6 Å². The standard InChI is InChI=1S/C29H30F3N5O3S/c1-28(2,34)26(39)36-22-16-41-24-13-20(29(30,31)32)11-12-23(24)37(25(22)38)15-17-7-9-18(10-8-17)21-6-4-3-5-19(21)14-35-27(33)40/h3-13,22H,14-16,34H2,1-2H3,(H,36,39)(H3,33,35,40)/t22-/m1/s1. The molecule has 6 N–H and O–H groups in total. The molecule has 1 atom stereocenters. The van der Waals surface area contributed by atoms with Crippen molar-refractivity contribution < 1.29 is 27.6 Å². The van der Waals surface area contributed by atoms with E-state index >= 15 is 0 Å². The van der Waals surface area contributed by atoms with E-state index in [9.17, 15) is 27.6 Å². The van der Waals surface area contributed by atoms with Crippen LogP contribution in [0.25, 0.3) is 11.1 Å². The SMILES string of the molecule is CC(C)(N)C(=O)N[C@@H]1CSc2cc(C(F)(F)F)ccc2N(Cc2ccc(-c3ccccc3CNC(N)=O)cc2)C1=O. The number of fused-ring (bicyclic) bond motifs is 1. The number of nitrogens with zero attached hydrogens (tertiary/aromatic N) is 1. The lowest BCUT2D eigenvalue weighted by molar-refractivity contribution is -0.137. The molecule has 0 radical (unpaired) electrons. The van der Waals surface area contributed by atoms with Crippen LogP contribution in [0.15, 0.2) is 71.6 Å². The first kappa shape index (κ1) is 29.9. The molecule has 8 nitrogen and oxygen atoms in total. The summed E-state index contributed by atoms with van der Waals surface area (Å²) in [6.07, 6.45) is -4.55. The minimum absolute atomic E-state index is 0.0422. The lowest BCUT2D eigenvalue weighted by Gasteiger charge is -2.28. The fraction of sp³-hybridized carbons (Fsp3) is 0.276. The summed E-state index contributed by atoms with van der Waals surface area (Å²) in [5, 5.41) is 5.25. The van der Waals surface area contributed by atoms with Crippen LogP contribution in [0.3, 0.4) is 0 Å². The van der Waals surface area contributed by atoms with Crippen molar-refractivity contribution >= 4 is 35.3 Å². The minimum Gasteiger partial charge on any atom is -0.352 e. The number of urea groups is 1. The summed E-state index contributed by atoms with van der Waals surface area (Å²) in [4.78, 5) is 39.2. The third-order valence-corrected chi connectivity index (χ3v) is 7.65. The Morgan fingerprint density at radius 2 is 1.73 bits per heavy atom. The number of halogens is 3. The quantitative estimate of drug-likeness (QED) is 0.327. The maximum atomic E-state index is 13.7. The highest BCUT2D eigenvalue weighted by Crippen LogP contribution is 2.40. The summed E-state index contributed by atoms with van der Waals surface area (Å²) in [5.74, 6) is -0.965. The van der Waals surface area contributed by atoms with Gasteiger partial charge in [-0.05, 0) is 54.3 Å². The van der Waals surface area contributed by atoms with Gasteiger partial charge in [0, 0.05) is 17.2 Å². The number of carbonyl (C=O) groups is 3. The number of alkyl halides is 3. The Morgan fingerprint density at radius 3 is 2.37 bits per heavy atom. The molecule has 0 saturated carbocycles. The first-order valence-corrected chi connectivity index (χ1v) is 13.7. The lowest BCUT2D eigenvalue weighted by Crippen LogP contribution is -2.56. The number of anilines is 1. The molecule has 0 spiro atoms. The number of thioether (sulfide) groups is 1. The predicted octanol–water partition coefficient (Wildman–Crippen LogP) is 4.40. The Morgan fingerprint density at radius 1 is 1.05 bits per heavy atom. The Balaban J connectivity index is 1.66. The van der Waals surface area contributed by atoms with E-state index in [-0.39, 0.29) is 23.7 Å². The highest BCUT2D eigenvalue weighted by atomic mass is 32.2. The second-order valence-electron chi connectivity index (χ2n) is 10.2. The number of nitrogens with two attached hydrogens (primary N) is 2. The first-order valence-electron chi connectivity index (χ1n) is 12.7. The van der Waals surface area contributed by atoms with E-state index in [4.69, 9.17) is 11.5 Å². The van der Waals surface area contributed by atoms with E-state index in [0.29, 0.717) is 5.69 Å². The van der Waals surface area contributed by atoms with Crippen molar-refractivity contribution in [1.82, 2.24) is 10.6 Å². The molecule has 12 heteroatoms. The van der Waals surface area contributed by atoms with Crippen molar-refractivity contribution in [1.29, 1.82) is 0 Å². The number of benzene rings is 3. The molecule has 0 saturated heterocycles. The summed E-state index contributed by atoms with van der Waals surface area (Å²) in [6, 6.07) is 16.5. The topological polar surface area (TPSA) is 131 Å². The molecular formula is C29H30F3N5O3S. The average Bonchev–Trinajstić information content (AvgIpc) is 3.03. The zero-order valence-corrected chi connectivity index (χ0v) is 23.2. The van der Waals surface area contributed by atoms with Gasteiger partial charge in [0.15, 0.2) is 0 Å². The zero-order valence-electron chi connectivity index (χ0n) is 22.4. The molecule has 0 fully saturated rings. The van der Waals surface area contributed by atoms with Gasteiger partial charge in [0.1, 0.15) is 6.04 Å². The summed E-state index contributed by atoms with van der Waals surface area (Å²) in [6.45, 7) is 3.31. The fourth-order valence-corrected chi connectivity index (χ4v) is 5.41. The molecule has 41 heavy (non-hydrogen) atoms. The van der Waals surface area contributed by atoms with Crippen LogP contribution >= 0.6 is 11.8 Å². The lowest BCUT2D eigenvalue weighted by atomic mass is 9.98. The number of hydrogen-bond acceptors (Lipinski definition) is 5. The number of nitrogens with one attached hydrogen (secondary N) is 2. The molecule has 0 unspecified atom stereocenters. The van der Waals surface area contributed by atoms with Crippen LogP contribution < -0.4 is 27.0 Å². The van der Waals surface area contributed by atoms with Gasteiger partial charge >= 0.3 is 12.2 Å². The highest BCUT2D eigenvalue weighted by molar-refractivity contribution is 7.99. The Hall–Kier alpha value is -4.03. The van der Waals surface area contributed by atoms with Gasteiger partial charge in [0.25, 0.3) is 5.91 Å². The largest absolute Gasteiger partial charge is 0.416 e. The van der Waals surface area contributed by atoms with Crippen LogP contribution in [0.5, 0.6) is 0 Å². The molecule has 3 aromatic rings. The molecule has 0 aromatic heterocycles. The van der Waals surface area contributed by atoms with Crippen molar-refractivity contribution in [2.24, 2.45) is 11.5 Å². The van der Waals surface area contributed by atoms with Gasteiger partial charge in [0.05, 0.1) is 23.3 Å². The number of hydrogen-bond donors (Lipinski definition) is 4. The molecule has 1 aliphatic rings. The van der Waals surface area contributed by atoms with Gasteiger partial charge in [-0.25, -0.2) is 4.79 Å². The number of amides is 4. The Kier molecular flexibility index (Phi) is 8.64. The Labute approximate surface area is 239 Å². The maximum Gasteiger partial charge on any atom is 0.416 e. The molecule has 0 aliphatic carbocycles. The van der Waals surface area contributed by atoms with Crippen LogP contribution in [0.2, 0.25) is 0 Å². The Bertz CT molecular complexity index is 1460. The first-order chi connectivity index (χ1) is 19.2. The van der Waals surface area contributed by atoms with Gasteiger partial charge in [0.2, 0.25) is 5.91 Å². The minimum atomic E-state index is -4.55. The maximum absolute atomic E-state index is 13.7. The fourth-order valence-electron chi connectivity index (χ4n) is 4.30. The number of rotatable bonds is 7. The van der Waals surface area contributed by atoms with Crippen LogP contribution in [0.4, 0.5) is 23.7 Å². The molecule has 1 heterocycles. The van der Waals surface area contributed by atoms with E-state index in [1.165, 1.54) is 24.8 Å². The normalized spacial score (nSPS) is 15.6. The van der Waals surface area contributed by atoms with Crippen LogP contribution in [-0.2, 0) is 28.9 Å². The van der Waals surface area contributed by atoms with E-state index in [0.717, 1.165) is 46.1 Å². The number of primary amides is 1. The summed E-state index contributed by atoms with van der Waals surface area (Å²) >= 11 is 1.07. The van der Waals surface area contributed by atoms with Crippen LogP contribution in [0, 0.1) is 0 Å². The van der Waals surface area contributed by atoms with Gasteiger partial charge in [-0.3, -0.25) is 9.59 Å². The summed E-state index contributed by atoms with van der Waals surface area (Å²) in [5.41, 5.74) is 12.7. The van der Waals surface area contributed by atoms with Crippen molar-refractivity contribution in [3.8, 4) is 11.1 Å². The van der Waals surface area contributed by atoms with Crippen LogP contribution in [0.1, 0.15) is 30.5 Å². The smallest absolute Gasteiger partial charge is 0.352 e. The van der Waals surface area contributed by atoms with Crippen molar-refractivity contribution in [3.63, 3.8) is 0 Å². The molecule has 1 aliphatic heterocycles. The van der Waals surface area contributed by atoms with E-state index in [1.54, 1.807) is 0 Å². The molecule has 4 rings (SSSR count). The van der Waals surface area contributed by atoms with Crippen LogP contribution in [-0.4, -0.2) is 35.2 Å². The van der Waals surface area contributed by atoms with Gasteiger partial charge in [-0.2, -0.15) is 13.2 Å². The van der Waals surface area contributed by atoms with Gasteiger partial charge < -0.3 is 27.0 Å². The molecule has 0 bridgehead atoms.